The van der Waals surface area contributed by atoms with Gasteiger partial charge in [0.2, 0.25) is 0 Å². The van der Waals surface area contributed by atoms with Crippen molar-refractivity contribution >= 4 is 6.29 Å². The van der Waals surface area contributed by atoms with E-state index in [0.717, 1.165) is 17.6 Å². The van der Waals surface area contributed by atoms with Gasteiger partial charge in [-0.2, -0.15) is 0 Å². The normalized spacial score (nSPS) is 13.3. The Bertz CT molecular complexity index is 337. The van der Waals surface area contributed by atoms with Gasteiger partial charge in [0, 0.05) is 11.5 Å². The van der Waals surface area contributed by atoms with E-state index in [2.05, 4.69) is 20.8 Å². The van der Waals surface area contributed by atoms with Gasteiger partial charge in [0.15, 0.2) is 0 Å². The highest BCUT2D eigenvalue weighted by Crippen LogP contribution is 2.37. The molecule has 1 aromatic rings. The zero-order valence-electron chi connectivity index (χ0n) is 9.78. The summed E-state index contributed by atoms with van der Waals surface area (Å²) in [5.41, 5.74) is 0.874. The first-order valence-electron chi connectivity index (χ1n) is 5.09. The van der Waals surface area contributed by atoms with Crippen LogP contribution in [0.4, 0.5) is 0 Å². The molecule has 0 aliphatic heterocycles. The molecule has 0 radical (unpaired) electrons. The van der Waals surface area contributed by atoms with Gasteiger partial charge in [-0.1, -0.05) is 39.0 Å². The maximum atomic E-state index is 11.2. The summed E-state index contributed by atoms with van der Waals surface area (Å²) in [6, 6.07) is 7.67. The van der Waals surface area contributed by atoms with E-state index in [1.807, 2.05) is 24.3 Å². The minimum absolute atomic E-state index is 0.0869. The van der Waals surface area contributed by atoms with Gasteiger partial charge in [-0.05, 0) is 11.5 Å². The van der Waals surface area contributed by atoms with Crippen molar-refractivity contribution in [2.45, 2.75) is 26.7 Å². The van der Waals surface area contributed by atoms with Crippen molar-refractivity contribution in [1.82, 2.24) is 0 Å². The molecular weight excluding hydrogens is 188 g/mol. The number of aldehydes is 1. The Balaban J connectivity index is 3.18. The lowest BCUT2D eigenvalue weighted by Gasteiger charge is -2.27. The first kappa shape index (κ1) is 11.8. The number of hydrogen-bond donors (Lipinski definition) is 0. The van der Waals surface area contributed by atoms with Crippen LogP contribution >= 0.6 is 0 Å². The SMILES string of the molecule is COc1ccccc1C(C=O)C(C)(C)C. The molecule has 2 nitrogen and oxygen atoms in total. The number of rotatable bonds is 3. The predicted octanol–water partition coefficient (Wildman–Crippen LogP) is 3.02. The molecule has 0 amide bonds. The molecule has 1 atom stereocenters. The first-order chi connectivity index (χ1) is 7.00. The van der Waals surface area contributed by atoms with Crippen LogP contribution < -0.4 is 4.74 Å². The fourth-order valence-corrected chi connectivity index (χ4v) is 1.67. The third-order valence-electron chi connectivity index (χ3n) is 2.54. The third-order valence-corrected chi connectivity index (χ3v) is 2.54. The summed E-state index contributed by atoms with van der Waals surface area (Å²) in [6.45, 7) is 6.16. The van der Waals surface area contributed by atoms with E-state index in [4.69, 9.17) is 4.74 Å². The quantitative estimate of drug-likeness (QED) is 0.710. The van der Waals surface area contributed by atoms with Crippen LogP contribution in [0.15, 0.2) is 24.3 Å². The fraction of sp³-hybridized carbons (Fsp3) is 0.462. The van der Waals surface area contributed by atoms with Crippen molar-refractivity contribution < 1.29 is 9.53 Å². The standard InChI is InChI=1S/C13H18O2/c1-13(2,3)11(9-14)10-7-5-6-8-12(10)15-4/h5-9,11H,1-4H3. The third kappa shape index (κ3) is 2.58. The molecule has 0 saturated carbocycles. The molecule has 1 rings (SSSR count). The molecule has 0 heterocycles. The second kappa shape index (κ2) is 4.47. The lowest BCUT2D eigenvalue weighted by Crippen LogP contribution is -2.20. The lowest BCUT2D eigenvalue weighted by atomic mass is 9.77. The zero-order chi connectivity index (χ0) is 11.5. The summed E-state index contributed by atoms with van der Waals surface area (Å²) < 4.78 is 5.26. The van der Waals surface area contributed by atoms with Crippen LogP contribution in [0, 0.1) is 5.41 Å². The van der Waals surface area contributed by atoms with E-state index in [9.17, 15) is 4.79 Å². The van der Waals surface area contributed by atoms with E-state index < -0.39 is 0 Å². The van der Waals surface area contributed by atoms with Crippen LogP contribution in [0.5, 0.6) is 5.75 Å². The zero-order valence-corrected chi connectivity index (χ0v) is 9.78. The second-order valence-electron chi connectivity index (χ2n) is 4.72. The number of ether oxygens (including phenoxy) is 1. The van der Waals surface area contributed by atoms with Gasteiger partial charge in [-0.15, -0.1) is 0 Å². The van der Waals surface area contributed by atoms with Crippen LogP contribution in [0.2, 0.25) is 0 Å². The monoisotopic (exact) mass is 206 g/mol. The van der Waals surface area contributed by atoms with Crippen molar-refractivity contribution in [3.63, 3.8) is 0 Å². The Hall–Kier alpha value is -1.31. The maximum Gasteiger partial charge on any atom is 0.128 e. The molecule has 0 saturated heterocycles. The molecule has 0 aromatic heterocycles. The number of methoxy groups -OCH3 is 1. The Labute approximate surface area is 91.3 Å². The molecule has 0 fully saturated rings. The van der Waals surface area contributed by atoms with Crippen LogP contribution in [-0.2, 0) is 4.79 Å². The Morgan fingerprint density at radius 3 is 2.33 bits per heavy atom. The van der Waals surface area contributed by atoms with Crippen LogP contribution in [0.3, 0.4) is 0 Å². The Kier molecular flexibility index (Phi) is 3.51. The van der Waals surface area contributed by atoms with Gasteiger partial charge in [-0.25, -0.2) is 0 Å². The summed E-state index contributed by atoms with van der Waals surface area (Å²) in [5, 5.41) is 0. The van der Waals surface area contributed by atoms with Crippen molar-refractivity contribution in [2.75, 3.05) is 7.11 Å². The van der Waals surface area contributed by atoms with E-state index in [1.54, 1.807) is 7.11 Å². The summed E-state index contributed by atoms with van der Waals surface area (Å²) in [7, 11) is 1.63. The smallest absolute Gasteiger partial charge is 0.128 e. The van der Waals surface area contributed by atoms with Crippen LogP contribution in [-0.4, -0.2) is 13.4 Å². The van der Waals surface area contributed by atoms with E-state index in [-0.39, 0.29) is 11.3 Å². The first-order valence-corrected chi connectivity index (χ1v) is 5.09. The highest BCUT2D eigenvalue weighted by Gasteiger charge is 2.27. The number of carbonyl (C=O) groups excluding carboxylic acids is 1. The van der Waals surface area contributed by atoms with Crippen LogP contribution in [0.1, 0.15) is 32.3 Å². The number of hydrogen-bond acceptors (Lipinski definition) is 2. The number of carbonyl (C=O) groups is 1. The molecule has 1 unspecified atom stereocenters. The molecule has 0 N–H and O–H groups in total. The molecule has 82 valence electrons. The number of para-hydroxylation sites is 1. The van der Waals surface area contributed by atoms with E-state index >= 15 is 0 Å². The highest BCUT2D eigenvalue weighted by molar-refractivity contribution is 5.65. The average Bonchev–Trinajstić information content (AvgIpc) is 2.17. The molecule has 1 aromatic carbocycles. The van der Waals surface area contributed by atoms with Gasteiger partial charge in [-0.3, -0.25) is 0 Å². The van der Waals surface area contributed by atoms with Gasteiger partial charge in [0.1, 0.15) is 12.0 Å². The van der Waals surface area contributed by atoms with Gasteiger partial charge in [0.25, 0.3) is 0 Å². The van der Waals surface area contributed by atoms with Crippen LogP contribution in [0.25, 0.3) is 0 Å². The van der Waals surface area contributed by atoms with Crippen molar-refractivity contribution in [2.24, 2.45) is 5.41 Å². The molecule has 0 bridgehead atoms. The summed E-state index contributed by atoms with van der Waals surface area (Å²) >= 11 is 0. The van der Waals surface area contributed by atoms with E-state index in [0.29, 0.717) is 0 Å². The molecule has 0 spiro atoms. The molecule has 15 heavy (non-hydrogen) atoms. The Morgan fingerprint density at radius 1 is 1.27 bits per heavy atom. The molecule has 0 aliphatic carbocycles. The van der Waals surface area contributed by atoms with Crippen molar-refractivity contribution in [3.05, 3.63) is 29.8 Å². The Morgan fingerprint density at radius 2 is 1.87 bits per heavy atom. The van der Waals surface area contributed by atoms with Gasteiger partial charge >= 0.3 is 0 Å². The average molecular weight is 206 g/mol. The largest absolute Gasteiger partial charge is 0.496 e. The maximum absolute atomic E-state index is 11.2. The second-order valence-corrected chi connectivity index (χ2v) is 4.72. The van der Waals surface area contributed by atoms with Gasteiger partial charge in [0.05, 0.1) is 7.11 Å². The highest BCUT2D eigenvalue weighted by atomic mass is 16.5. The summed E-state index contributed by atoms with van der Waals surface area (Å²) in [6.07, 6.45) is 0.998. The minimum atomic E-state index is -0.131. The molecule has 0 aliphatic rings. The fourth-order valence-electron chi connectivity index (χ4n) is 1.67. The van der Waals surface area contributed by atoms with Crippen molar-refractivity contribution in [1.29, 1.82) is 0 Å². The molecular formula is C13H18O2. The number of benzene rings is 1. The summed E-state index contributed by atoms with van der Waals surface area (Å²) in [5.74, 6) is 0.651. The van der Waals surface area contributed by atoms with E-state index in [1.165, 1.54) is 0 Å². The lowest BCUT2D eigenvalue weighted by molar-refractivity contribution is -0.111. The minimum Gasteiger partial charge on any atom is -0.496 e. The van der Waals surface area contributed by atoms with Gasteiger partial charge < -0.3 is 9.53 Å². The predicted molar refractivity (Wildman–Crippen MR) is 61.3 cm³/mol. The van der Waals surface area contributed by atoms with Crippen molar-refractivity contribution in [3.8, 4) is 5.75 Å². The summed E-state index contributed by atoms with van der Waals surface area (Å²) in [4.78, 5) is 11.2. The topological polar surface area (TPSA) is 26.3 Å². The molecule has 2 heteroatoms.